The summed E-state index contributed by atoms with van der Waals surface area (Å²) in [5, 5.41) is 0. The van der Waals surface area contributed by atoms with E-state index in [-0.39, 0.29) is 24.6 Å². The molecule has 0 amide bonds. The fraction of sp³-hybridized carbons (Fsp3) is 0.133. The number of ether oxygens (including phenoxy) is 1. The molecule has 2 aromatic carbocycles. The van der Waals surface area contributed by atoms with Crippen molar-refractivity contribution in [1.82, 2.24) is 0 Å². The third-order valence-corrected chi connectivity index (χ3v) is 3.89. The highest BCUT2D eigenvalue weighted by Gasteiger charge is 2.11. The van der Waals surface area contributed by atoms with Crippen molar-refractivity contribution in [3.63, 3.8) is 0 Å². The van der Waals surface area contributed by atoms with Crippen LogP contribution in [0.4, 0.5) is 4.39 Å². The predicted molar refractivity (Wildman–Crippen MR) is 82.4 cm³/mol. The summed E-state index contributed by atoms with van der Waals surface area (Å²) in [4.78, 5) is 11.8. The summed E-state index contributed by atoms with van der Waals surface area (Å²) in [6, 6.07) is 11.7. The molecule has 104 valence electrons. The minimum Gasteiger partial charge on any atom is -0.483 e. The van der Waals surface area contributed by atoms with Gasteiger partial charge in [0.1, 0.15) is 18.2 Å². The fourth-order valence-corrected chi connectivity index (χ4v) is 2.91. The fourth-order valence-electron chi connectivity index (χ4n) is 1.68. The number of rotatable bonds is 5. The average molecular weight is 402 g/mol. The molecule has 0 saturated carbocycles. The Kier molecular flexibility index (Phi) is 5.31. The van der Waals surface area contributed by atoms with E-state index >= 15 is 0 Å². The van der Waals surface area contributed by atoms with E-state index in [1.807, 2.05) is 18.2 Å². The summed E-state index contributed by atoms with van der Waals surface area (Å²) in [6.45, 7) is -0.102. The monoisotopic (exact) mass is 400 g/mol. The molecule has 0 N–H and O–H groups in total. The predicted octanol–water partition coefficient (Wildman–Crippen LogP) is 4.54. The Labute approximate surface area is 133 Å². The number of halogens is 3. The van der Waals surface area contributed by atoms with Crippen molar-refractivity contribution in [2.45, 2.75) is 6.42 Å². The van der Waals surface area contributed by atoms with E-state index in [2.05, 4.69) is 31.9 Å². The molecule has 0 aliphatic rings. The average Bonchev–Trinajstić information content (AvgIpc) is 2.41. The van der Waals surface area contributed by atoms with Gasteiger partial charge < -0.3 is 4.74 Å². The summed E-state index contributed by atoms with van der Waals surface area (Å²) >= 11 is 6.70. The van der Waals surface area contributed by atoms with Crippen LogP contribution in [0.25, 0.3) is 0 Å². The van der Waals surface area contributed by atoms with Gasteiger partial charge in [-0.05, 0) is 55.6 Å². The quantitative estimate of drug-likeness (QED) is 0.735. The molecule has 0 heterocycles. The molecule has 2 aromatic rings. The maximum absolute atomic E-state index is 13.4. The van der Waals surface area contributed by atoms with Crippen LogP contribution in [0, 0.1) is 5.82 Å². The first kappa shape index (κ1) is 15.2. The number of hydrogen-bond donors (Lipinski definition) is 0. The first-order valence-corrected chi connectivity index (χ1v) is 7.48. The van der Waals surface area contributed by atoms with Crippen molar-refractivity contribution < 1.29 is 13.9 Å². The molecule has 0 atom stereocenters. The number of carbonyl (C=O) groups is 1. The second kappa shape index (κ2) is 6.99. The van der Waals surface area contributed by atoms with Crippen LogP contribution in [0.3, 0.4) is 0 Å². The van der Waals surface area contributed by atoms with Gasteiger partial charge in [0.25, 0.3) is 0 Å². The minimum absolute atomic E-state index is 0.0226. The minimum atomic E-state index is -0.372. The molecule has 2 rings (SSSR count). The van der Waals surface area contributed by atoms with Crippen molar-refractivity contribution in [1.29, 1.82) is 0 Å². The highest BCUT2D eigenvalue weighted by molar-refractivity contribution is 9.11. The maximum Gasteiger partial charge on any atom is 0.174 e. The van der Waals surface area contributed by atoms with Gasteiger partial charge in [0, 0.05) is 6.42 Å². The molecule has 5 heteroatoms. The molecule has 0 aliphatic heterocycles. The summed E-state index contributed by atoms with van der Waals surface area (Å²) in [5.41, 5.74) is 0.382. The molecule has 0 aromatic heterocycles. The Bertz CT molecular complexity index is 609. The molecule has 0 bridgehead atoms. The zero-order chi connectivity index (χ0) is 14.5. The number of para-hydroxylation sites is 1. The maximum atomic E-state index is 13.4. The van der Waals surface area contributed by atoms with Gasteiger partial charge in [0.05, 0.1) is 8.95 Å². The molecule has 2 nitrogen and oxygen atoms in total. The van der Waals surface area contributed by atoms with Crippen LogP contribution in [0.15, 0.2) is 51.4 Å². The second-order valence-corrected chi connectivity index (χ2v) is 5.85. The molecule has 0 aliphatic carbocycles. The molecular formula is C15H11Br2FO2. The van der Waals surface area contributed by atoms with Gasteiger partial charge in [-0.2, -0.15) is 0 Å². The van der Waals surface area contributed by atoms with E-state index in [1.54, 1.807) is 18.2 Å². The topological polar surface area (TPSA) is 26.3 Å². The number of benzene rings is 2. The molecule has 0 radical (unpaired) electrons. The van der Waals surface area contributed by atoms with E-state index in [1.165, 1.54) is 6.07 Å². The molecule has 20 heavy (non-hydrogen) atoms. The van der Waals surface area contributed by atoms with Gasteiger partial charge in [-0.25, -0.2) is 4.39 Å². The van der Waals surface area contributed by atoms with Gasteiger partial charge in [0.15, 0.2) is 5.78 Å². The van der Waals surface area contributed by atoms with Gasteiger partial charge >= 0.3 is 0 Å². The summed E-state index contributed by atoms with van der Waals surface area (Å²) in [6.07, 6.45) is 0.0226. The van der Waals surface area contributed by atoms with Crippen molar-refractivity contribution >= 4 is 37.6 Å². The van der Waals surface area contributed by atoms with Gasteiger partial charge in [0.2, 0.25) is 0 Å². The third kappa shape index (κ3) is 3.90. The van der Waals surface area contributed by atoms with E-state index in [4.69, 9.17) is 4.74 Å². The van der Waals surface area contributed by atoms with Crippen molar-refractivity contribution in [3.8, 4) is 5.75 Å². The molecule has 0 spiro atoms. The smallest absolute Gasteiger partial charge is 0.174 e. The molecule has 0 fully saturated rings. The largest absolute Gasteiger partial charge is 0.483 e. The highest BCUT2D eigenvalue weighted by atomic mass is 79.9. The standard InChI is InChI=1S/C15H11Br2FO2/c16-12-5-3-6-13(17)15(12)20-9-11(19)8-10-4-1-2-7-14(10)18/h1-7H,8-9H2. The Hall–Kier alpha value is -1.20. The molecular weight excluding hydrogens is 391 g/mol. The number of hydrogen-bond acceptors (Lipinski definition) is 2. The van der Waals surface area contributed by atoms with E-state index < -0.39 is 0 Å². The van der Waals surface area contributed by atoms with Crippen LogP contribution in [-0.4, -0.2) is 12.4 Å². The van der Waals surface area contributed by atoms with Gasteiger partial charge in [-0.15, -0.1) is 0 Å². The van der Waals surface area contributed by atoms with E-state index in [9.17, 15) is 9.18 Å². The highest BCUT2D eigenvalue weighted by Crippen LogP contribution is 2.32. The summed E-state index contributed by atoms with van der Waals surface area (Å²) in [7, 11) is 0. The molecule has 0 saturated heterocycles. The second-order valence-electron chi connectivity index (χ2n) is 4.15. The van der Waals surface area contributed by atoms with Gasteiger partial charge in [-0.3, -0.25) is 4.79 Å². The Morgan fingerprint density at radius 3 is 2.35 bits per heavy atom. The lowest BCUT2D eigenvalue weighted by Gasteiger charge is -2.09. The van der Waals surface area contributed by atoms with Crippen LogP contribution in [-0.2, 0) is 11.2 Å². The summed E-state index contributed by atoms with van der Waals surface area (Å²) in [5.74, 6) is 0.00931. The lowest BCUT2D eigenvalue weighted by molar-refractivity contribution is -0.120. The van der Waals surface area contributed by atoms with Gasteiger partial charge in [-0.1, -0.05) is 24.3 Å². The lowest BCUT2D eigenvalue weighted by Crippen LogP contribution is -2.15. The zero-order valence-electron chi connectivity index (χ0n) is 10.4. The first-order valence-electron chi connectivity index (χ1n) is 5.90. The lowest BCUT2D eigenvalue weighted by atomic mass is 10.1. The zero-order valence-corrected chi connectivity index (χ0v) is 13.6. The van der Waals surface area contributed by atoms with Crippen molar-refractivity contribution in [2.75, 3.05) is 6.61 Å². The van der Waals surface area contributed by atoms with Crippen LogP contribution in [0.2, 0.25) is 0 Å². The number of carbonyl (C=O) groups excluding carboxylic acids is 1. The van der Waals surface area contributed by atoms with Crippen molar-refractivity contribution in [3.05, 3.63) is 62.8 Å². The van der Waals surface area contributed by atoms with Crippen LogP contribution < -0.4 is 4.74 Å². The van der Waals surface area contributed by atoms with Crippen LogP contribution in [0.5, 0.6) is 5.75 Å². The third-order valence-electron chi connectivity index (χ3n) is 2.64. The summed E-state index contributed by atoms with van der Waals surface area (Å²) < 4.78 is 20.4. The SMILES string of the molecule is O=C(COc1c(Br)cccc1Br)Cc1ccccc1F. The van der Waals surface area contributed by atoms with Crippen molar-refractivity contribution in [2.24, 2.45) is 0 Å². The Morgan fingerprint density at radius 2 is 1.70 bits per heavy atom. The molecule has 0 unspecified atom stereocenters. The Morgan fingerprint density at radius 1 is 1.05 bits per heavy atom. The Balaban J connectivity index is 1.98. The van der Waals surface area contributed by atoms with Crippen LogP contribution in [0.1, 0.15) is 5.56 Å². The van der Waals surface area contributed by atoms with Crippen LogP contribution >= 0.6 is 31.9 Å². The normalized spacial score (nSPS) is 10.3. The van der Waals surface area contributed by atoms with E-state index in [0.29, 0.717) is 11.3 Å². The number of Topliss-reactive ketones (excluding diaryl/α,β-unsaturated/α-hetero) is 1. The first-order chi connectivity index (χ1) is 9.58. The van der Waals surface area contributed by atoms with E-state index in [0.717, 1.165) is 8.95 Å². The number of ketones is 1.